The van der Waals surface area contributed by atoms with Crippen molar-refractivity contribution in [2.75, 3.05) is 11.9 Å². The fourth-order valence-corrected chi connectivity index (χ4v) is 1.91. The van der Waals surface area contributed by atoms with Gasteiger partial charge in [0, 0.05) is 24.8 Å². The van der Waals surface area contributed by atoms with Crippen LogP contribution in [0.2, 0.25) is 0 Å². The van der Waals surface area contributed by atoms with E-state index >= 15 is 0 Å². The molecule has 0 spiro atoms. The Balaban J connectivity index is 2.02. The molecule has 1 aliphatic carbocycles. The third kappa shape index (κ3) is 2.72. The van der Waals surface area contributed by atoms with E-state index in [9.17, 15) is 0 Å². The van der Waals surface area contributed by atoms with Crippen molar-refractivity contribution in [2.45, 2.75) is 38.3 Å². The van der Waals surface area contributed by atoms with Gasteiger partial charge in [0.1, 0.15) is 0 Å². The van der Waals surface area contributed by atoms with Crippen LogP contribution >= 0.6 is 0 Å². The molecule has 2 heteroatoms. The summed E-state index contributed by atoms with van der Waals surface area (Å²) in [7, 11) is 2.18. The van der Waals surface area contributed by atoms with Gasteiger partial charge in [-0.05, 0) is 43.9 Å². The minimum Gasteiger partial charge on any atom is -0.372 e. The Morgan fingerprint density at radius 1 is 1.33 bits per heavy atom. The highest BCUT2D eigenvalue weighted by atomic mass is 15.2. The summed E-state index contributed by atoms with van der Waals surface area (Å²) in [6.45, 7) is 2.05. The van der Waals surface area contributed by atoms with Gasteiger partial charge in [-0.15, -0.1) is 0 Å². The Bertz CT molecular complexity index is 312. The summed E-state index contributed by atoms with van der Waals surface area (Å²) in [5.41, 5.74) is 8.43. The summed E-state index contributed by atoms with van der Waals surface area (Å²) in [4.78, 5) is 2.37. The zero-order chi connectivity index (χ0) is 10.8. The van der Waals surface area contributed by atoms with E-state index < -0.39 is 0 Å². The van der Waals surface area contributed by atoms with Gasteiger partial charge in [0.05, 0.1) is 0 Å². The second-order valence-electron chi connectivity index (χ2n) is 4.69. The molecule has 2 nitrogen and oxygen atoms in total. The molecule has 0 heterocycles. The van der Waals surface area contributed by atoms with Crippen LogP contribution in [0.15, 0.2) is 24.3 Å². The van der Waals surface area contributed by atoms with Crippen LogP contribution in [-0.2, 0) is 6.42 Å². The molecule has 1 unspecified atom stereocenters. The van der Waals surface area contributed by atoms with Crippen molar-refractivity contribution in [3.8, 4) is 0 Å². The molecule has 15 heavy (non-hydrogen) atoms. The van der Waals surface area contributed by atoms with Crippen molar-refractivity contribution in [2.24, 2.45) is 5.73 Å². The molecule has 0 amide bonds. The van der Waals surface area contributed by atoms with Crippen molar-refractivity contribution in [3.63, 3.8) is 0 Å². The first-order chi connectivity index (χ1) is 7.16. The van der Waals surface area contributed by atoms with Gasteiger partial charge in [-0.25, -0.2) is 0 Å². The zero-order valence-electron chi connectivity index (χ0n) is 9.61. The number of rotatable bonds is 4. The molecule has 0 bridgehead atoms. The van der Waals surface area contributed by atoms with Gasteiger partial charge in [0.15, 0.2) is 0 Å². The Morgan fingerprint density at radius 3 is 2.40 bits per heavy atom. The van der Waals surface area contributed by atoms with Gasteiger partial charge in [-0.1, -0.05) is 12.1 Å². The fraction of sp³-hybridized carbons (Fsp3) is 0.538. The van der Waals surface area contributed by atoms with E-state index in [1.54, 1.807) is 0 Å². The summed E-state index contributed by atoms with van der Waals surface area (Å²) in [6.07, 6.45) is 3.66. The fourth-order valence-electron chi connectivity index (χ4n) is 1.91. The molecule has 0 aliphatic heterocycles. The maximum Gasteiger partial charge on any atom is 0.0366 e. The Kier molecular flexibility index (Phi) is 2.96. The third-order valence-corrected chi connectivity index (χ3v) is 3.00. The summed E-state index contributed by atoms with van der Waals surface area (Å²) in [5.74, 6) is 0. The van der Waals surface area contributed by atoms with Gasteiger partial charge in [0.2, 0.25) is 0 Å². The highest BCUT2D eigenvalue weighted by Gasteiger charge is 2.26. The summed E-state index contributed by atoms with van der Waals surface area (Å²) in [5, 5.41) is 0. The van der Waals surface area contributed by atoms with Crippen LogP contribution in [-0.4, -0.2) is 19.1 Å². The quantitative estimate of drug-likeness (QED) is 0.814. The number of benzene rings is 1. The first-order valence-electron chi connectivity index (χ1n) is 5.74. The average molecular weight is 204 g/mol. The van der Waals surface area contributed by atoms with E-state index in [4.69, 9.17) is 5.73 Å². The summed E-state index contributed by atoms with van der Waals surface area (Å²) >= 11 is 0. The van der Waals surface area contributed by atoms with Crippen molar-refractivity contribution >= 4 is 5.69 Å². The minimum atomic E-state index is 0.247. The van der Waals surface area contributed by atoms with Gasteiger partial charge < -0.3 is 10.6 Å². The van der Waals surface area contributed by atoms with E-state index in [1.165, 1.54) is 24.1 Å². The molecule has 2 N–H and O–H groups in total. The van der Waals surface area contributed by atoms with Crippen LogP contribution in [0.25, 0.3) is 0 Å². The Hall–Kier alpha value is -1.02. The Labute approximate surface area is 92.1 Å². The number of nitrogens with two attached hydrogens (primary N) is 1. The van der Waals surface area contributed by atoms with E-state index in [2.05, 4.69) is 36.2 Å². The maximum atomic E-state index is 5.77. The third-order valence-electron chi connectivity index (χ3n) is 3.00. The van der Waals surface area contributed by atoms with E-state index in [0.29, 0.717) is 0 Å². The van der Waals surface area contributed by atoms with Crippen molar-refractivity contribution in [3.05, 3.63) is 29.8 Å². The normalized spacial score (nSPS) is 17.5. The molecule has 0 aromatic heterocycles. The monoisotopic (exact) mass is 204 g/mol. The Morgan fingerprint density at radius 2 is 1.93 bits per heavy atom. The molecule has 1 saturated carbocycles. The molecular weight excluding hydrogens is 184 g/mol. The first kappa shape index (κ1) is 10.5. The van der Waals surface area contributed by atoms with Crippen LogP contribution < -0.4 is 10.6 Å². The lowest BCUT2D eigenvalue weighted by Gasteiger charge is -2.18. The summed E-state index contributed by atoms with van der Waals surface area (Å²) < 4.78 is 0. The minimum absolute atomic E-state index is 0.247. The molecule has 2 rings (SSSR count). The smallest absolute Gasteiger partial charge is 0.0366 e. The van der Waals surface area contributed by atoms with Crippen molar-refractivity contribution < 1.29 is 0 Å². The summed E-state index contributed by atoms with van der Waals surface area (Å²) in [6, 6.07) is 9.82. The lowest BCUT2D eigenvalue weighted by Crippen LogP contribution is -2.20. The first-order valence-corrected chi connectivity index (χ1v) is 5.74. The van der Waals surface area contributed by atoms with Crippen molar-refractivity contribution in [1.82, 2.24) is 0 Å². The van der Waals surface area contributed by atoms with Crippen LogP contribution in [0.1, 0.15) is 25.3 Å². The van der Waals surface area contributed by atoms with Gasteiger partial charge in [0.25, 0.3) is 0 Å². The van der Waals surface area contributed by atoms with E-state index in [-0.39, 0.29) is 6.04 Å². The van der Waals surface area contributed by atoms with Gasteiger partial charge >= 0.3 is 0 Å². The highest BCUT2D eigenvalue weighted by molar-refractivity contribution is 5.48. The molecule has 0 saturated heterocycles. The predicted molar refractivity (Wildman–Crippen MR) is 65.2 cm³/mol. The predicted octanol–water partition coefficient (Wildman–Crippen LogP) is 2.17. The van der Waals surface area contributed by atoms with E-state index in [0.717, 1.165) is 12.5 Å². The van der Waals surface area contributed by atoms with Gasteiger partial charge in [-0.2, -0.15) is 0 Å². The SMILES string of the molecule is CC(N)Cc1ccc(N(C)C2CC2)cc1. The standard InChI is InChI=1S/C13H20N2/c1-10(14)9-11-3-5-12(6-4-11)15(2)13-7-8-13/h3-6,10,13H,7-9,14H2,1-2H3. The lowest BCUT2D eigenvalue weighted by atomic mass is 10.1. The molecule has 1 aliphatic rings. The highest BCUT2D eigenvalue weighted by Crippen LogP contribution is 2.30. The zero-order valence-corrected chi connectivity index (χ0v) is 9.61. The topological polar surface area (TPSA) is 29.3 Å². The molecule has 1 aromatic carbocycles. The largest absolute Gasteiger partial charge is 0.372 e. The molecule has 0 radical (unpaired) electrons. The van der Waals surface area contributed by atoms with Crippen molar-refractivity contribution in [1.29, 1.82) is 0 Å². The van der Waals surface area contributed by atoms with Crippen LogP contribution in [0.5, 0.6) is 0 Å². The molecule has 1 atom stereocenters. The maximum absolute atomic E-state index is 5.77. The van der Waals surface area contributed by atoms with Crippen LogP contribution in [0, 0.1) is 0 Å². The van der Waals surface area contributed by atoms with Crippen LogP contribution in [0.3, 0.4) is 0 Å². The number of hydrogen-bond acceptors (Lipinski definition) is 2. The number of hydrogen-bond donors (Lipinski definition) is 1. The average Bonchev–Trinajstić information content (AvgIpc) is 3.00. The van der Waals surface area contributed by atoms with E-state index in [1.807, 2.05) is 6.92 Å². The lowest BCUT2D eigenvalue weighted by molar-refractivity contribution is 0.738. The number of nitrogens with zero attached hydrogens (tertiary/aromatic N) is 1. The second-order valence-corrected chi connectivity index (χ2v) is 4.69. The number of anilines is 1. The molecular formula is C13H20N2. The van der Waals surface area contributed by atoms with Crippen LogP contribution in [0.4, 0.5) is 5.69 Å². The molecule has 1 aromatic rings. The molecule has 1 fully saturated rings. The van der Waals surface area contributed by atoms with Gasteiger partial charge in [-0.3, -0.25) is 0 Å². The second kappa shape index (κ2) is 4.23. The molecule has 82 valence electrons.